The van der Waals surface area contributed by atoms with Crippen molar-refractivity contribution in [2.75, 3.05) is 20.1 Å². The summed E-state index contributed by atoms with van der Waals surface area (Å²) in [6.45, 7) is 1.72. The third-order valence-corrected chi connectivity index (χ3v) is 5.12. The molecule has 2 aromatic rings. The van der Waals surface area contributed by atoms with Crippen LogP contribution in [-0.2, 0) is 0 Å². The first-order valence-corrected chi connectivity index (χ1v) is 7.67. The molecular formula is C16H20N4O. The van der Waals surface area contributed by atoms with Crippen molar-refractivity contribution >= 4 is 16.8 Å². The van der Waals surface area contributed by atoms with Gasteiger partial charge in [-0.1, -0.05) is 6.07 Å². The zero-order chi connectivity index (χ0) is 14.4. The molecule has 1 aromatic heterocycles. The van der Waals surface area contributed by atoms with E-state index in [1.807, 2.05) is 23.1 Å². The number of likely N-dealkylation sites (tertiary alicyclic amines) is 1. The van der Waals surface area contributed by atoms with E-state index in [-0.39, 0.29) is 5.91 Å². The van der Waals surface area contributed by atoms with Crippen LogP contribution in [0.5, 0.6) is 0 Å². The van der Waals surface area contributed by atoms with E-state index in [9.17, 15) is 4.79 Å². The Morgan fingerprint density at radius 1 is 1.29 bits per heavy atom. The van der Waals surface area contributed by atoms with Crippen molar-refractivity contribution in [2.24, 2.45) is 0 Å². The molecule has 2 fully saturated rings. The van der Waals surface area contributed by atoms with Gasteiger partial charge in [-0.25, -0.2) is 0 Å². The molecule has 0 saturated carbocycles. The number of benzene rings is 1. The molecule has 2 atom stereocenters. The van der Waals surface area contributed by atoms with Crippen molar-refractivity contribution in [3.8, 4) is 0 Å². The number of aromatic amines is 1. The Kier molecular flexibility index (Phi) is 2.96. The van der Waals surface area contributed by atoms with Gasteiger partial charge in [0, 0.05) is 36.1 Å². The zero-order valence-corrected chi connectivity index (χ0v) is 12.2. The first-order valence-electron chi connectivity index (χ1n) is 7.67. The number of nitrogens with one attached hydrogen (secondary N) is 1. The Bertz CT molecular complexity index is 680. The van der Waals surface area contributed by atoms with Crippen molar-refractivity contribution in [1.29, 1.82) is 0 Å². The van der Waals surface area contributed by atoms with E-state index < -0.39 is 0 Å². The number of carbonyl (C=O) groups excluding carboxylic acids is 1. The van der Waals surface area contributed by atoms with Crippen LogP contribution in [0.2, 0.25) is 0 Å². The molecule has 110 valence electrons. The minimum absolute atomic E-state index is 0.146. The fourth-order valence-electron chi connectivity index (χ4n) is 3.75. The largest absolute Gasteiger partial charge is 0.337 e. The summed E-state index contributed by atoms with van der Waals surface area (Å²) in [4.78, 5) is 17.3. The molecule has 1 amide bonds. The first-order chi connectivity index (χ1) is 10.2. The molecule has 5 heteroatoms. The Labute approximate surface area is 123 Å². The molecule has 2 saturated heterocycles. The summed E-state index contributed by atoms with van der Waals surface area (Å²) in [7, 11) is 2.20. The molecule has 2 bridgehead atoms. The smallest absolute Gasteiger partial charge is 0.253 e. The van der Waals surface area contributed by atoms with Gasteiger partial charge in [0.2, 0.25) is 0 Å². The van der Waals surface area contributed by atoms with Crippen molar-refractivity contribution < 1.29 is 4.79 Å². The molecule has 4 rings (SSSR count). The minimum Gasteiger partial charge on any atom is -0.337 e. The van der Waals surface area contributed by atoms with Gasteiger partial charge in [0.05, 0.1) is 11.7 Å². The molecular weight excluding hydrogens is 264 g/mol. The number of carbonyl (C=O) groups is 1. The fraction of sp³-hybridized carbons (Fsp3) is 0.500. The number of H-pyrrole nitrogens is 1. The fourth-order valence-corrected chi connectivity index (χ4v) is 3.75. The summed E-state index contributed by atoms with van der Waals surface area (Å²) in [5, 5.41) is 7.99. The molecule has 2 unspecified atom stereocenters. The van der Waals surface area contributed by atoms with Crippen molar-refractivity contribution in [2.45, 2.75) is 31.3 Å². The highest BCUT2D eigenvalue weighted by Crippen LogP contribution is 2.29. The van der Waals surface area contributed by atoms with E-state index in [0.29, 0.717) is 12.1 Å². The molecule has 2 aliphatic heterocycles. The molecule has 0 aliphatic carbocycles. The maximum Gasteiger partial charge on any atom is 0.253 e. The van der Waals surface area contributed by atoms with E-state index in [0.717, 1.165) is 36.0 Å². The van der Waals surface area contributed by atoms with Crippen LogP contribution in [0.1, 0.15) is 29.6 Å². The number of hydrogen-bond donors (Lipinski definition) is 1. The van der Waals surface area contributed by atoms with Gasteiger partial charge < -0.3 is 4.90 Å². The van der Waals surface area contributed by atoms with Crippen molar-refractivity contribution in [3.05, 3.63) is 30.0 Å². The lowest BCUT2D eigenvalue weighted by atomic mass is 10.1. The van der Waals surface area contributed by atoms with Crippen LogP contribution in [0.25, 0.3) is 10.9 Å². The first kappa shape index (κ1) is 12.8. The van der Waals surface area contributed by atoms with Gasteiger partial charge in [0.1, 0.15) is 0 Å². The lowest BCUT2D eigenvalue weighted by molar-refractivity contribution is 0.0740. The highest BCUT2D eigenvalue weighted by Gasteiger charge is 2.36. The van der Waals surface area contributed by atoms with Crippen LogP contribution in [0, 0.1) is 0 Å². The lowest BCUT2D eigenvalue weighted by Crippen LogP contribution is -2.39. The molecule has 0 spiro atoms. The second kappa shape index (κ2) is 4.84. The molecule has 21 heavy (non-hydrogen) atoms. The van der Waals surface area contributed by atoms with E-state index >= 15 is 0 Å². The standard InChI is InChI=1S/C16H20N4O/c1-19-13-4-5-14(19)10-20(7-6-13)16(21)11-2-3-12-9-17-18-15(12)8-11/h2-3,8-9,13-14H,4-7,10H2,1H3,(H,17,18). The molecule has 5 nitrogen and oxygen atoms in total. The van der Waals surface area contributed by atoms with Crippen LogP contribution in [0.15, 0.2) is 24.4 Å². The highest BCUT2D eigenvalue weighted by molar-refractivity contribution is 5.97. The van der Waals surface area contributed by atoms with E-state index in [1.165, 1.54) is 12.8 Å². The Morgan fingerprint density at radius 3 is 3.05 bits per heavy atom. The number of nitrogens with zero attached hydrogens (tertiary/aromatic N) is 3. The van der Waals surface area contributed by atoms with Gasteiger partial charge in [-0.3, -0.25) is 14.8 Å². The molecule has 0 radical (unpaired) electrons. The normalized spacial score (nSPS) is 26.2. The van der Waals surface area contributed by atoms with Gasteiger partial charge in [0.15, 0.2) is 0 Å². The number of amides is 1. The number of hydrogen-bond acceptors (Lipinski definition) is 3. The predicted molar refractivity (Wildman–Crippen MR) is 81.2 cm³/mol. The van der Waals surface area contributed by atoms with Gasteiger partial charge in [-0.05, 0) is 38.4 Å². The average molecular weight is 284 g/mol. The SMILES string of the molecule is CN1C2CCC1CN(C(=O)c1ccc3cn[nH]c3c1)CC2. The second-order valence-corrected chi connectivity index (χ2v) is 6.26. The second-order valence-electron chi connectivity index (χ2n) is 6.26. The molecule has 1 N–H and O–H groups in total. The van der Waals surface area contributed by atoms with E-state index in [2.05, 4.69) is 22.1 Å². The topological polar surface area (TPSA) is 52.2 Å². The van der Waals surface area contributed by atoms with Crippen molar-refractivity contribution in [3.63, 3.8) is 0 Å². The zero-order valence-electron chi connectivity index (χ0n) is 12.2. The van der Waals surface area contributed by atoms with Gasteiger partial charge in [-0.2, -0.15) is 5.10 Å². The Balaban J connectivity index is 1.59. The predicted octanol–water partition coefficient (Wildman–Crippen LogP) is 1.87. The third-order valence-electron chi connectivity index (χ3n) is 5.12. The summed E-state index contributed by atoms with van der Waals surface area (Å²) >= 11 is 0. The summed E-state index contributed by atoms with van der Waals surface area (Å²) in [6, 6.07) is 6.97. The van der Waals surface area contributed by atoms with Crippen LogP contribution >= 0.6 is 0 Å². The Morgan fingerprint density at radius 2 is 2.14 bits per heavy atom. The Hall–Kier alpha value is -1.88. The molecule has 3 heterocycles. The number of fused-ring (bicyclic) bond motifs is 3. The van der Waals surface area contributed by atoms with Crippen LogP contribution < -0.4 is 0 Å². The van der Waals surface area contributed by atoms with E-state index in [1.54, 1.807) is 6.20 Å². The molecule has 1 aromatic carbocycles. The van der Waals surface area contributed by atoms with Crippen LogP contribution in [-0.4, -0.2) is 58.1 Å². The average Bonchev–Trinajstić information content (AvgIpc) is 3.02. The summed E-state index contributed by atoms with van der Waals surface area (Å²) in [5.41, 5.74) is 1.68. The minimum atomic E-state index is 0.146. The van der Waals surface area contributed by atoms with Gasteiger partial charge >= 0.3 is 0 Å². The van der Waals surface area contributed by atoms with Crippen LogP contribution in [0.3, 0.4) is 0 Å². The van der Waals surface area contributed by atoms with Gasteiger partial charge in [0.25, 0.3) is 5.91 Å². The number of rotatable bonds is 1. The molecule has 2 aliphatic rings. The summed E-state index contributed by atoms with van der Waals surface area (Å²) < 4.78 is 0. The van der Waals surface area contributed by atoms with Crippen LogP contribution in [0.4, 0.5) is 0 Å². The number of aromatic nitrogens is 2. The maximum absolute atomic E-state index is 12.8. The lowest BCUT2D eigenvalue weighted by Gasteiger charge is -2.25. The summed E-state index contributed by atoms with van der Waals surface area (Å²) in [6.07, 6.45) is 5.36. The third kappa shape index (κ3) is 2.12. The monoisotopic (exact) mass is 284 g/mol. The van der Waals surface area contributed by atoms with Crippen molar-refractivity contribution in [1.82, 2.24) is 20.0 Å². The summed E-state index contributed by atoms with van der Waals surface area (Å²) in [5.74, 6) is 0.146. The van der Waals surface area contributed by atoms with E-state index in [4.69, 9.17) is 0 Å². The highest BCUT2D eigenvalue weighted by atomic mass is 16.2. The maximum atomic E-state index is 12.8. The van der Waals surface area contributed by atoms with Gasteiger partial charge in [-0.15, -0.1) is 0 Å². The quantitative estimate of drug-likeness (QED) is 0.870. The number of likely N-dealkylation sites (N-methyl/N-ethyl adjacent to an activating group) is 1.